The highest BCUT2D eigenvalue weighted by Gasteiger charge is 2.29. The number of anilines is 1. The van der Waals surface area contributed by atoms with Gasteiger partial charge < -0.3 is 15.5 Å². The first-order valence-electron chi connectivity index (χ1n) is 6.52. The number of rotatable bonds is 3. The van der Waals surface area contributed by atoms with Gasteiger partial charge in [-0.15, -0.1) is 0 Å². The molecule has 1 amide bonds. The first-order chi connectivity index (χ1) is 9.27. The normalized spacial score (nSPS) is 18.7. The summed E-state index contributed by atoms with van der Waals surface area (Å²) < 4.78 is 0. The van der Waals surface area contributed by atoms with Crippen LogP contribution in [0.1, 0.15) is 12.5 Å². The van der Waals surface area contributed by atoms with Gasteiger partial charge >= 0.3 is 0 Å². The number of hydrogen-bond donors (Lipinski definition) is 2. The van der Waals surface area contributed by atoms with Crippen molar-refractivity contribution in [1.29, 1.82) is 5.26 Å². The van der Waals surface area contributed by atoms with Gasteiger partial charge in [0, 0.05) is 26.2 Å². The van der Waals surface area contributed by atoms with Crippen molar-refractivity contribution in [2.75, 3.05) is 31.1 Å². The van der Waals surface area contributed by atoms with E-state index < -0.39 is 0 Å². The molecule has 5 nitrogen and oxygen atoms in total. The van der Waals surface area contributed by atoms with Crippen molar-refractivity contribution >= 4 is 11.6 Å². The number of para-hydroxylation sites is 1. The van der Waals surface area contributed by atoms with Gasteiger partial charge in [-0.2, -0.15) is 5.26 Å². The molecule has 1 aromatic carbocycles. The molecule has 0 aromatic heterocycles. The van der Waals surface area contributed by atoms with E-state index in [4.69, 9.17) is 0 Å². The van der Waals surface area contributed by atoms with Crippen molar-refractivity contribution in [3.63, 3.8) is 0 Å². The average Bonchev–Trinajstić information content (AvgIpc) is 2.47. The van der Waals surface area contributed by atoms with E-state index in [1.54, 1.807) is 6.07 Å². The second-order valence-electron chi connectivity index (χ2n) is 4.44. The monoisotopic (exact) mass is 258 g/mol. The molecule has 1 atom stereocenters. The van der Waals surface area contributed by atoms with Crippen molar-refractivity contribution in [1.82, 2.24) is 10.6 Å². The highest BCUT2D eigenvalue weighted by molar-refractivity contribution is 5.86. The summed E-state index contributed by atoms with van der Waals surface area (Å²) in [5, 5.41) is 15.3. The van der Waals surface area contributed by atoms with Gasteiger partial charge in [-0.1, -0.05) is 12.1 Å². The van der Waals surface area contributed by atoms with Crippen LogP contribution in [0, 0.1) is 11.3 Å². The van der Waals surface area contributed by atoms with Gasteiger partial charge in [-0.05, 0) is 19.1 Å². The fourth-order valence-electron chi connectivity index (χ4n) is 2.34. The molecular formula is C14H18N4O. The van der Waals surface area contributed by atoms with Crippen molar-refractivity contribution < 1.29 is 4.79 Å². The molecule has 0 bridgehead atoms. The predicted molar refractivity (Wildman–Crippen MR) is 73.8 cm³/mol. The minimum absolute atomic E-state index is 0.00226. The summed E-state index contributed by atoms with van der Waals surface area (Å²) in [6.45, 7) is 4.66. The van der Waals surface area contributed by atoms with Crippen LogP contribution in [0.2, 0.25) is 0 Å². The van der Waals surface area contributed by atoms with Crippen LogP contribution in [0.5, 0.6) is 0 Å². The van der Waals surface area contributed by atoms with E-state index in [-0.39, 0.29) is 11.9 Å². The lowest BCUT2D eigenvalue weighted by atomic mass is 10.1. The second kappa shape index (κ2) is 6.21. The third-order valence-corrected chi connectivity index (χ3v) is 3.23. The Hall–Kier alpha value is -2.06. The molecule has 2 rings (SSSR count). The van der Waals surface area contributed by atoms with Crippen LogP contribution in [0.4, 0.5) is 5.69 Å². The lowest BCUT2D eigenvalue weighted by Crippen LogP contribution is -2.58. The van der Waals surface area contributed by atoms with Gasteiger partial charge in [0.25, 0.3) is 0 Å². The summed E-state index contributed by atoms with van der Waals surface area (Å²) in [6.07, 6.45) is 0. The first kappa shape index (κ1) is 13.4. The van der Waals surface area contributed by atoms with Crippen LogP contribution in [-0.2, 0) is 4.79 Å². The van der Waals surface area contributed by atoms with E-state index in [1.165, 1.54) is 0 Å². The topological polar surface area (TPSA) is 68.2 Å². The molecule has 1 fully saturated rings. The molecule has 1 unspecified atom stereocenters. The fourth-order valence-corrected chi connectivity index (χ4v) is 2.34. The summed E-state index contributed by atoms with van der Waals surface area (Å²) in [7, 11) is 0. The van der Waals surface area contributed by atoms with E-state index >= 15 is 0 Å². The Morgan fingerprint density at radius 3 is 3.11 bits per heavy atom. The number of likely N-dealkylation sites (N-methyl/N-ethyl adjacent to an activating group) is 1. The summed E-state index contributed by atoms with van der Waals surface area (Å²) in [5.41, 5.74) is 1.45. The first-order valence-corrected chi connectivity index (χ1v) is 6.52. The van der Waals surface area contributed by atoms with Gasteiger partial charge in [0.15, 0.2) is 0 Å². The highest BCUT2D eigenvalue weighted by atomic mass is 16.2. The Bertz CT molecular complexity index is 494. The maximum absolute atomic E-state index is 12.1. The summed E-state index contributed by atoms with van der Waals surface area (Å²) >= 11 is 0. The van der Waals surface area contributed by atoms with E-state index in [0.717, 1.165) is 18.8 Å². The molecule has 2 N–H and O–H groups in total. The molecule has 1 aliphatic heterocycles. The van der Waals surface area contributed by atoms with E-state index in [0.29, 0.717) is 18.7 Å². The van der Waals surface area contributed by atoms with Crippen molar-refractivity contribution in [3.8, 4) is 6.07 Å². The highest BCUT2D eigenvalue weighted by Crippen LogP contribution is 2.22. The van der Waals surface area contributed by atoms with Crippen molar-refractivity contribution in [2.45, 2.75) is 13.0 Å². The molecule has 0 aliphatic carbocycles. The third kappa shape index (κ3) is 2.85. The van der Waals surface area contributed by atoms with E-state index in [1.807, 2.05) is 30.0 Å². The molecule has 0 spiro atoms. The van der Waals surface area contributed by atoms with Gasteiger partial charge in [-0.25, -0.2) is 0 Å². The number of hydrogen-bond acceptors (Lipinski definition) is 4. The zero-order valence-corrected chi connectivity index (χ0v) is 11.0. The Kier molecular flexibility index (Phi) is 4.37. The van der Waals surface area contributed by atoms with Crippen molar-refractivity contribution in [2.24, 2.45) is 0 Å². The molecule has 0 radical (unpaired) electrons. The number of nitrogens with zero attached hydrogens (tertiary/aromatic N) is 2. The number of benzene rings is 1. The SMILES string of the molecule is CCNC(=O)C1CNCCN1c1ccccc1C#N. The maximum Gasteiger partial charge on any atom is 0.244 e. The molecule has 100 valence electrons. The molecule has 1 aliphatic rings. The van der Waals surface area contributed by atoms with Crippen LogP contribution in [0.15, 0.2) is 24.3 Å². The lowest BCUT2D eigenvalue weighted by Gasteiger charge is -2.37. The molecule has 1 aromatic rings. The smallest absolute Gasteiger partial charge is 0.244 e. The van der Waals surface area contributed by atoms with Crippen LogP contribution in [-0.4, -0.2) is 38.1 Å². The maximum atomic E-state index is 12.1. The Morgan fingerprint density at radius 2 is 2.37 bits per heavy atom. The number of nitrogens with one attached hydrogen (secondary N) is 2. The Balaban J connectivity index is 2.29. The standard InChI is InChI=1S/C14H18N4O/c1-2-17-14(19)13-10-16-7-8-18(13)12-6-4-3-5-11(12)9-15/h3-6,13,16H,2,7-8,10H2,1H3,(H,17,19). The summed E-state index contributed by atoms with van der Waals surface area (Å²) in [5.74, 6) is 0.00226. The number of piperazine rings is 1. The minimum Gasteiger partial charge on any atom is -0.356 e. The zero-order chi connectivity index (χ0) is 13.7. The molecule has 19 heavy (non-hydrogen) atoms. The zero-order valence-electron chi connectivity index (χ0n) is 11.0. The summed E-state index contributed by atoms with van der Waals surface area (Å²) in [6, 6.07) is 9.35. The third-order valence-electron chi connectivity index (χ3n) is 3.23. The Morgan fingerprint density at radius 1 is 1.58 bits per heavy atom. The van der Waals surface area contributed by atoms with Gasteiger partial charge in [0.2, 0.25) is 5.91 Å². The number of nitriles is 1. The van der Waals surface area contributed by atoms with Crippen LogP contribution in [0.25, 0.3) is 0 Å². The van der Waals surface area contributed by atoms with Crippen LogP contribution >= 0.6 is 0 Å². The largest absolute Gasteiger partial charge is 0.356 e. The van der Waals surface area contributed by atoms with E-state index in [2.05, 4.69) is 16.7 Å². The van der Waals surface area contributed by atoms with Crippen LogP contribution < -0.4 is 15.5 Å². The van der Waals surface area contributed by atoms with Gasteiger partial charge in [-0.3, -0.25) is 4.79 Å². The molecule has 1 saturated heterocycles. The number of carbonyl (C=O) groups excluding carboxylic acids is 1. The minimum atomic E-state index is -0.261. The average molecular weight is 258 g/mol. The Labute approximate surface area is 113 Å². The van der Waals surface area contributed by atoms with Gasteiger partial charge in [0.1, 0.15) is 12.1 Å². The van der Waals surface area contributed by atoms with Crippen molar-refractivity contribution in [3.05, 3.63) is 29.8 Å². The van der Waals surface area contributed by atoms with Crippen LogP contribution in [0.3, 0.4) is 0 Å². The summed E-state index contributed by atoms with van der Waals surface area (Å²) in [4.78, 5) is 14.1. The lowest BCUT2D eigenvalue weighted by molar-refractivity contribution is -0.122. The molecule has 5 heteroatoms. The molecular weight excluding hydrogens is 240 g/mol. The molecule has 0 saturated carbocycles. The number of amides is 1. The second-order valence-corrected chi connectivity index (χ2v) is 4.44. The van der Waals surface area contributed by atoms with E-state index in [9.17, 15) is 10.1 Å². The number of carbonyl (C=O) groups is 1. The predicted octanol–water partition coefficient (Wildman–Crippen LogP) is 0.473. The quantitative estimate of drug-likeness (QED) is 0.827. The molecule has 1 heterocycles. The van der Waals surface area contributed by atoms with Gasteiger partial charge in [0.05, 0.1) is 11.3 Å². The fraction of sp³-hybridized carbons (Fsp3) is 0.429.